The lowest BCUT2D eigenvalue weighted by molar-refractivity contribution is -0.146. The third-order valence-electron chi connectivity index (χ3n) is 6.37. The zero-order chi connectivity index (χ0) is 27.1. The van der Waals surface area contributed by atoms with Crippen LogP contribution < -0.4 is 10.6 Å². The Balaban J connectivity index is 3.64. The minimum Gasteiger partial charge on any atom is -0.444 e. The van der Waals surface area contributed by atoms with E-state index in [1.165, 1.54) is 0 Å². The average molecular weight is 490 g/mol. The number of benzene rings is 1. The largest absolute Gasteiger partial charge is 0.444 e. The van der Waals surface area contributed by atoms with Crippen LogP contribution in [0.5, 0.6) is 0 Å². The molecule has 3 amide bonds. The number of carbonyl (C=O) groups is 3. The summed E-state index contributed by atoms with van der Waals surface area (Å²) in [5.74, 6) is -0.680. The Labute approximate surface area is 212 Å². The van der Waals surface area contributed by atoms with Gasteiger partial charge in [0.05, 0.1) is 0 Å². The highest BCUT2D eigenvalue weighted by molar-refractivity contribution is 5.92. The van der Waals surface area contributed by atoms with E-state index in [0.717, 1.165) is 16.7 Å². The number of alkyl carbamates (subject to hydrolysis) is 1. The van der Waals surface area contributed by atoms with Crippen LogP contribution >= 0.6 is 0 Å². The summed E-state index contributed by atoms with van der Waals surface area (Å²) < 4.78 is 5.46. The second-order valence-corrected chi connectivity index (χ2v) is 10.9. The Hall–Kier alpha value is -2.57. The lowest BCUT2D eigenvalue weighted by atomic mass is 9.91. The lowest BCUT2D eigenvalue weighted by Crippen LogP contribution is -2.57. The molecule has 0 saturated carbocycles. The molecule has 2 N–H and O–H groups in total. The normalized spacial score (nSPS) is 15.1. The second-order valence-electron chi connectivity index (χ2n) is 10.9. The van der Waals surface area contributed by atoms with E-state index in [-0.39, 0.29) is 29.8 Å². The van der Waals surface area contributed by atoms with Crippen molar-refractivity contribution in [2.45, 2.75) is 119 Å². The average Bonchev–Trinajstić information content (AvgIpc) is 2.74. The molecule has 0 spiro atoms. The standard InChI is InChI=1S/C28H47N3O4/c1-12-18(5)23(30-27(34)35-28(9,10)11)26(33)31(20(7)13-2)24(25(32)29-17(3)4)22-16-14-15-19(6)21(22)8/h14-18,20,23-24H,12-13H2,1-11H3,(H,29,32)(H,30,34). The molecule has 4 unspecified atom stereocenters. The van der Waals surface area contributed by atoms with Crippen LogP contribution in [0.1, 0.15) is 97.9 Å². The van der Waals surface area contributed by atoms with Gasteiger partial charge in [-0.05, 0) is 84.4 Å². The highest BCUT2D eigenvalue weighted by atomic mass is 16.6. The van der Waals surface area contributed by atoms with Gasteiger partial charge in [0.1, 0.15) is 17.7 Å². The van der Waals surface area contributed by atoms with Gasteiger partial charge in [0.2, 0.25) is 11.8 Å². The second kappa shape index (κ2) is 12.9. The van der Waals surface area contributed by atoms with Gasteiger partial charge in [-0.3, -0.25) is 9.59 Å². The highest BCUT2D eigenvalue weighted by Crippen LogP contribution is 2.31. The van der Waals surface area contributed by atoms with Crippen LogP contribution in [0.25, 0.3) is 0 Å². The van der Waals surface area contributed by atoms with Gasteiger partial charge in [-0.15, -0.1) is 0 Å². The molecule has 0 radical (unpaired) electrons. The van der Waals surface area contributed by atoms with E-state index in [9.17, 15) is 14.4 Å². The Kier molecular flexibility index (Phi) is 11.3. The number of nitrogens with zero attached hydrogens (tertiary/aromatic N) is 1. The summed E-state index contributed by atoms with van der Waals surface area (Å²) in [5, 5.41) is 5.82. The first kappa shape index (κ1) is 30.5. The number of carbonyl (C=O) groups excluding carboxylic acids is 3. The Bertz CT molecular complexity index is 875. The molecule has 198 valence electrons. The first-order valence-corrected chi connectivity index (χ1v) is 12.8. The van der Waals surface area contributed by atoms with Crippen LogP contribution in [-0.2, 0) is 14.3 Å². The highest BCUT2D eigenvalue weighted by Gasteiger charge is 2.40. The molecule has 4 atom stereocenters. The molecule has 0 fully saturated rings. The molecular formula is C28H47N3O4. The van der Waals surface area contributed by atoms with Crippen molar-refractivity contribution >= 4 is 17.9 Å². The Morgan fingerprint density at radius 1 is 0.971 bits per heavy atom. The van der Waals surface area contributed by atoms with Gasteiger partial charge < -0.3 is 20.3 Å². The number of ether oxygens (including phenoxy) is 1. The number of rotatable bonds is 10. The molecule has 35 heavy (non-hydrogen) atoms. The van der Waals surface area contributed by atoms with Crippen LogP contribution in [-0.4, -0.2) is 46.5 Å². The van der Waals surface area contributed by atoms with Crippen molar-refractivity contribution in [2.75, 3.05) is 0 Å². The zero-order valence-electron chi connectivity index (χ0n) is 23.6. The van der Waals surface area contributed by atoms with Crippen molar-refractivity contribution in [1.29, 1.82) is 0 Å². The number of aryl methyl sites for hydroxylation is 1. The van der Waals surface area contributed by atoms with Crippen molar-refractivity contribution in [1.82, 2.24) is 15.5 Å². The minimum absolute atomic E-state index is 0.0887. The van der Waals surface area contributed by atoms with Gasteiger partial charge >= 0.3 is 6.09 Å². The van der Waals surface area contributed by atoms with Gasteiger partial charge in [0, 0.05) is 12.1 Å². The van der Waals surface area contributed by atoms with Crippen LogP contribution in [0.15, 0.2) is 18.2 Å². The maximum atomic E-state index is 14.2. The number of amides is 3. The van der Waals surface area contributed by atoms with E-state index in [4.69, 9.17) is 4.74 Å². The van der Waals surface area contributed by atoms with Crippen LogP contribution in [0.4, 0.5) is 4.79 Å². The SMILES string of the molecule is CCC(C)C(NC(=O)OC(C)(C)C)C(=O)N(C(C)CC)C(C(=O)NC(C)C)c1cccc(C)c1C. The molecule has 7 heteroatoms. The maximum Gasteiger partial charge on any atom is 0.408 e. The summed E-state index contributed by atoms with van der Waals surface area (Å²) >= 11 is 0. The molecule has 7 nitrogen and oxygen atoms in total. The summed E-state index contributed by atoms with van der Waals surface area (Å²) in [6, 6.07) is 3.84. The number of nitrogens with one attached hydrogen (secondary N) is 2. The molecule has 0 heterocycles. The van der Waals surface area contributed by atoms with Gasteiger partial charge in [0.25, 0.3) is 0 Å². The summed E-state index contributed by atoms with van der Waals surface area (Å²) in [4.78, 5) is 42.2. The predicted octanol–water partition coefficient (Wildman–Crippen LogP) is 5.44. The van der Waals surface area contributed by atoms with Gasteiger partial charge in [-0.1, -0.05) is 45.4 Å². The minimum atomic E-state index is -0.830. The summed E-state index contributed by atoms with van der Waals surface area (Å²) in [5.41, 5.74) is 2.11. The third-order valence-corrected chi connectivity index (χ3v) is 6.37. The first-order valence-electron chi connectivity index (χ1n) is 12.8. The molecule has 0 aliphatic rings. The number of hydrogen-bond acceptors (Lipinski definition) is 4. The van der Waals surface area contributed by atoms with E-state index in [1.54, 1.807) is 25.7 Å². The fourth-order valence-electron chi connectivity index (χ4n) is 3.92. The van der Waals surface area contributed by atoms with Gasteiger partial charge in [-0.25, -0.2) is 4.79 Å². The lowest BCUT2D eigenvalue weighted by Gasteiger charge is -2.40. The molecule has 0 aromatic heterocycles. The molecule has 0 saturated heterocycles. The van der Waals surface area contributed by atoms with Crippen molar-refractivity contribution in [3.05, 3.63) is 34.9 Å². The number of hydrogen-bond donors (Lipinski definition) is 2. The zero-order valence-corrected chi connectivity index (χ0v) is 23.6. The molecule has 1 aromatic rings. The Morgan fingerprint density at radius 2 is 1.57 bits per heavy atom. The van der Waals surface area contributed by atoms with Gasteiger partial charge in [-0.2, -0.15) is 0 Å². The molecule has 0 aliphatic heterocycles. The molecule has 1 rings (SSSR count). The van der Waals surface area contributed by atoms with Crippen LogP contribution in [0, 0.1) is 19.8 Å². The van der Waals surface area contributed by atoms with E-state index in [1.807, 2.05) is 73.6 Å². The van der Waals surface area contributed by atoms with Crippen molar-refractivity contribution < 1.29 is 19.1 Å². The fraction of sp³-hybridized carbons (Fsp3) is 0.679. The summed E-state index contributed by atoms with van der Waals surface area (Å²) in [6.07, 6.45) is 0.685. The van der Waals surface area contributed by atoms with Crippen molar-refractivity contribution in [2.24, 2.45) is 5.92 Å². The van der Waals surface area contributed by atoms with E-state index in [2.05, 4.69) is 10.6 Å². The van der Waals surface area contributed by atoms with Crippen LogP contribution in [0.3, 0.4) is 0 Å². The van der Waals surface area contributed by atoms with Crippen LogP contribution in [0.2, 0.25) is 0 Å². The van der Waals surface area contributed by atoms with E-state index < -0.39 is 23.8 Å². The summed E-state index contributed by atoms with van der Waals surface area (Å²) in [7, 11) is 0. The van der Waals surface area contributed by atoms with Gasteiger partial charge in [0.15, 0.2) is 0 Å². The smallest absolute Gasteiger partial charge is 0.408 e. The molecule has 0 aliphatic carbocycles. The third kappa shape index (κ3) is 8.55. The molecular weight excluding hydrogens is 442 g/mol. The van der Waals surface area contributed by atoms with E-state index in [0.29, 0.717) is 12.8 Å². The van der Waals surface area contributed by atoms with Crippen molar-refractivity contribution in [3.63, 3.8) is 0 Å². The van der Waals surface area contributed by atoms with E-state index >= 15 is 0 Å². The first-order chi connectivity index (χ1) is 16.1. The summed E-state index contributed by atoms with van der Waals surface area (Å²) in [6.45, 7) is 21.0. The quantitative estimate of drug-likeness (QED) is 0.458. The predicted molar refractivity (Wildman–Crippen MR) is 141 cm³/mol. The molecule has 0 bridgehead atoms. The van der Waals surface area contributed by atoms with Crippen molar-refractivity contribution in [3.8, 4) is 0 Å². The topological polar surface area (TPSA) is 87.7 Å². The maximum absolute atomic E-state index is 14.2. The Morgan fingerprint density at radius 3 is 2.06 bits per heavy atom. The fourth-order valence-corrected chi connectivity index (χ4v) is 3.92. The monoisotopic (exact) mass is 489 g/mol. The molecule has 1 aromatic carbocycles.